The third-order valence-corrected chi connectivity index (χ3v) is 6.12. The van der Waals surface area contributed by atoms with Crippen molar-refractivity contribution in [2.75, 3.05) is 0 Å². The van der Waals surface area contributed by atoms with E-state index in [2.05, 4.69) is 71.1 Å². The van der Waals surface area contributed by atoms with Gasteiger partial charge < -0.3 is 0 Å². The zero-order valence-electron chi connectivity index (χ0n) is 15.8. The van der Waals surface area contributed by atoms with Gasteiger partial charge in [-0.1, -0.05) is 36.1 Å². The highest BCUT2D eigenvalue weighted by Crippen LogP contribution is 2.37. The molecular weight excluding hydrogens is 399 g/mol. The van der Waals surface area contributed by atoms with Crippen LogP contribution >= 0.6 is 15.9 Å². The van der Waals surface area contributed by atoms with Gasteiger partial charge in [-0.2, -0.15) is 0 Å². The molecule has 0 heterocycles. The Morgan fingerprint density at radius 3 is 2.33 bits per heavy atom. The van der Waals surface area contributed by atoms with Crippen LogP contribution in [0.1, 0.15) is 68.1 Å². The fourth-order valence-electron chi connectivity index (χ4n) is 3.84. The van der Waals surface area contributed by atoms with Gasteiger partial charge in [0.25, 0.3) is 0 Å². The van der Waals surface area contributed by atoms with Gasteiger partial charge in [-0.25, -0.2) is 4.39 Å². The summed E-state index contributed by atoms with van der Waals surface area (Å²) in [4.78, 5) is 0. The number of halogens is 2. The van der Waals surface area contributed by atoms with E-state index in [1.54, 1.807) is 6.07 Å². The molecule has 1 fully saturated rings. The van der Waals surface area contributed by atoms with E-state index in [4.69, 9.17) is 0 Å². The minimum absolute atomic E-state index is 0.279. The molecule has 2 aromatic carbocycles. The monoisotopic (exact) mass is 424 g/mol. The summed E-state index contributed by atoms with van der Waals surface area (Å²) in [5.41, 5.74) is 3.10. The highest BCUT2D eigenvalue weighted by molar-refractivity contribution is 9.10. The van der Waals surface area contributed by atoms with Crippen molar-refractivity contribution in [3.05, 3.63) is 81.6 Å². The van der Waals surface area contributed by atoms with Crippen molar-refractivity contribution in [2.45, 2.75) is 51.4 Å². The van der Waals surface area contributed by atoms with E-state index in [9.17, 15) is 4.39 Å². The fraction of sp³-hybridized carbons (Fsp3) is 0.360. The minimum atomic E-state index is -0.279. The standard InChI is InChI=1S/C25H26BrF/c1-2-3-4-5-19-8-13-22(14-9-19)23-15-10-20(11-16-23)6-7-21-12-17-24(26)25(27)18-21/h2-3,10-12,15-19,22H,4-5,8-9,13-14H2,1H3. The predicted molar refractivity (Wildman–Crippen MR) is 115 cm³/mol. The second-order valence-electron chi connectivity index (χ2n) is 7.36. The molecule has 140 valence electrons. The first-order chi connectivity index (χ1) is 13.2. The molecule has 0 nitrogen and oxygen atoms in total. The quantitative estimate of drug-likeness (QED) is 0.349. The molecule has 2 heteroatoms. The molecular formula is C25H26BrF. The molecule has 1 aliphatic carbocycles. The summed E-state index contributed by atoms with van der Waals surface area (Å²) >= 11 is 3.16. The zero-order chi connectivity index (χ0) is 19.1. The van der Waals surface area contributed by atoms with E-state index in [1.165, 1.54) is 50.2 Å². The van der Waals surface area contributed by atoms with Gasteiger partial charge in [-0.3, -0.25) is 0 Å². The third-order valence-electron chi connectivity index (χ3n) is 5.48. The first-order valence-corrected chi connectivity index (χ1v) is 10.6. The van der Waals surface area contributed by atoms with Crippen LogP contribution in [0.5, 0.6) is 0 Å². The molecule has 0 amide bonds. The molecule has 0 saturated heterocycles. The smallest absolute Gasteiger partial charge is 0.138 e. The molecule has 0 bridgehead atoms. The number of rotatable bonds is 4. The maximum atomic E-state index is 13.6. The second-order valence-corrected chi connectivity index (χ2v) is 8.22. The fourth-order valence-corrected chi connectivity index (χ4v) is 4.09. The van der Waals surface area contributed by atoms with Crippen molar-refractivity contribution >= 4 is 15.9 Å². The summed E-state index contributed by atoms with van der Waals surface area (Å²) in [5.74, 6) is 7.48. The topological polar surface area (TPSA) is 0 Å². The number of hydrogen-bond acceptors (Lipinski definition) is 0. The first-order valence-electron chi connectivity index (χ1n) is 9.84. The summed E-state index contributed by atoms with van der Waals surface area (Å²) in [5, 5.41) is 0. The lowest BCUT2D eigenvalue weighted by Crippen LogP contribution is -2.13. The Balaban J connectivity index is 1.57. The molecule has 0 atom stereocenters. The molecule has 0 unspecified atom stereocenters. The van der Waals surface area contributed by atoms with E-state index in [0.717, 1.165) is 11.5 Å². The van der Waals surface area contributed by atoms with Crippen molar-refractivity contribution in [2.24, 2.45) is 5.92 Å². The average Bonchev–Trinajstić information content (AvgIpc) is 2.70. The van der Waals surface area contributed by atoms with Crippen molar-refractivity contribution in [1.29, 1.82) is 0 Å². The lowest BCUT2D eigenvalue weighted by molar-refractivity contribution is 0.312. The van der Waals surface area contributed by atoms with Crippen molar-refractivity contribution < 1.29 is 4.39 Å². The summed E-state index contributed by atoms with van der Waals surface area (Å²) in [6.45, 7) is 2.10. The molecule has 1 aliphatic rings. The predicted octanol–water partition coefficient (Wildman–Crippen LogP) is 7.62. The minimum Gasteiger partial charge on any atom is -0.206 e. The van der Waals surface area contributed by atoms with Gasteiger partial charge >= 0.3 is 0 Å². The molecule has 27 heavy (non-hydrogen) atoms. The van der Waals surface area contributed by atoms with Crippen LogP contribution in [0, 0.1) is 23.6 Å². The molecule has 0 N–H and O–H groups in total. The second kappa shape index (κ2) is 9.90. The lowest BCUT2D eigenvalue weighted by Gasteiger charge is -2.28. The molecule has 1 saturated carbocycles. The van der Waals surface area contributed by atoms with Crippen molar-refractivity contribution in [3.63, 3.8) is 0 Å². The van der Waals surface area contributed by atoms with Crippen LogP contribution in [0.2, 0.25) is 0 Å². The molecule has 3 rings (SSSR count). The molecule has 0 spiro atoms. The van der Waals surface area contributed by atoms with Gasteiger partial charge in [-0.15, -0.1) is 0 Å². The Kier molecular flexibility index (Phi) is 7.30. The van der Waals surface area contributed by atoms with Crippen LogP contribution in [-0.4, -0.2) is 0 Å². The molecule has 0 radical (unpaired) electrons. The Morgan fingerprint density at radius 1 is 1.00 bits per heavy atom. The average molecular weight is 425 g/mol. The Labute approximate surface area is 171 Å². The van der Waals surface area contributed by atoms with Crippen LogP contribution in [0.3, 0.4) is 0 Å². The SMILES string of the molecule is CC=CCCC1CCC(c2ccc(C#Cc3ccc(Br)c(F)c3)cc2)CC1. The van der Waals surface area contributed by atoms with Gasteiger partial charge in [0, 0.05) is 11.1 Å². The Bertz CT molecular complexity index is 831. The third kappa shape index (κ3) is 5.81. The van der Waals surface area contributed by atoms with Crippen LogP contribution in [0.15, 0.2) is 59.1 Å². The lowest BCUT2D eigenvalue weighted by atomic mass is 9.77. The largest absolute Gasteiger partial charge is 0.206 e. The van der Waals surface area contributed by atoms with Gasteiger partial charge in [0.2, 0.25) is 0 Å². The number of benzene rings is 2. The normalized spacial score (nSPS) is 19.7. The van der Waals surface area contributed by atoms with Gasteiger partial charge in [0.15, 0.2) is 0 Å². The first kappa shape index (κ1) is 19.9. The highest BCUT2D eigenvalue weighted by Gasteiger charge is 2.21. The van der Waals surface area contributed by atoms with Gasteiger partial charge in [0.05, 0.1) is 4.47 Å². The van der Waals surface area contributed by atoms with E-state index < -0.39 is 0 Å². The van der Waals surface area contributed by atoms with Gasteiger partial charge in [-0.05, 0) is 109 Å². The molecule has 2 aromatic rings. The summed E-state index contributed by atoms with van der Waals surface area (Å²) in [6, 6.07) is 13.6. The molecule has 0 aliphatic heterocycles. The van der Waals surface area contributed by atoms with Gasteiger partial charge in [0.1, 0.15) is 5.82 Å². The number of allylic oxidation sites excluding steroid dienone is 2. The summed E-state index contributed by atoms with van der Waals surface area (Å²) in [7, 11) is 0. The Morgan fingerprint density at radius 2 is 1.67 bits per heavy atom. The van der Waals surface area contributed by atoms with Crippen LogP contribution in [0.25, 0.3) is 0 Å². The van der Waals surface area contributed by atoms with E-state index in [-0.39, 0.29) is 5.82 Å². The maximum absolute atomic E-state index is 13.6. The van der Waals surface area contributed by atoms with E-state index in [1.807, 2.05) is 6.07 Å². The zero-order valence-corrected chi connectivity index (χ0v) is 17.4. The summed E-state index contributed by atoms with van der Waals surface area (Å²) < 4.78 is 14.0. The van der Waals surface area contributed by atoms with Crippen molar-refractivity contribution in [3.8, 4) is 11.8 Å². The summed E-state index contributed by atoms with van der Waals surface area (Å²) in [6.07, 6.45) is 12.3. The number of hydrogen-bond donors (Lipinski definition) is 0. The van der Waals surface area contributed by atoms with Crippen LogP contribution in [-0.2, 0) is 0 Å². The van der Waals surface area contributed by atoms with E-state index in [0.29, 0.717) is 16.0 Å². The van der Waals surface area contributed by atoms with Crippen LogP contribution < -0.4 is 0 Å². The van der Waals surface area contributed by atoms with E-state index >= 15 is 0 Å². The molecule has 0 aromatic heterocycles. The Hall–Kier alpha value is -1.85. The highest BCUT2D eigenvalue weighted by atomic mass is 79.9. The maximum Gasteiger partial charge on any atom is 0.138 e. The van der Waals surface area contributed by atoms with Crippen LogP contribution in [0.4, 0.5) is 4.39 Å². The van der Waals surface area contributed by atoms with Crippen molar-refractivity contribution in [1.82, 2.24) is 0 Å².